The molecular weight excluding hydrogens is 739 g/mol. The van der Waals surface area contributed by atoms with Crippen LogP contribution in [0.15, 0.2) is 212 Å². The molecule has 0 unspecified atom stereocenters. The molecule has 10 aromatic carbocycles. The molecule has 0 saturated heterocycles. The Morgan fingerprint density at radius 3 is 1.43 bits per heavy atom. The monoisotopic (exact) mass is 773 g/mol. The molecule has 0 saturated carbocycles. The molecule has 0 aliphatic heterocycles. The first-order valence-corrected chi connectivity index (χ1v) is 20.9. The highest BCUT2D eigenvalue weighted by molar-refractivity contribution is 6.21. The predicted octanol–water partition coefficient (Wildman–Crippen LogP) is 14.3. The molecule has 11 aromatic rings. The zero-order valence-electron chi connectivity index (χ0n) is 33.0. The Balaban J connectivity index is 1.03. The van der Waals surface area contributed by atoms with Gasteiger partial charge in [0.05, 0.1) is 5.41 Å². The van der Waals surface area contributed by atoms with Gasteiger partial charge in [-0.05, 0) is 100 Å². The van der Waals surface area contributed by atoms with Crippen molar-refractivity contribution in [3.05, 3.63) is 235 Å². The summed E-state index contributed by atoms with van der Waals surface area (Å²) in [7, 11) is 0. The summed E-state index contributed by atoms with van der Waals surface area (Å²) in [4.78, 5) is 15.0. The maximum atomic E-state index is 5.04. The van der Waals surface area contributed by atoms with E-state index >= 15 is 0 Å². The SMILES string of the molecule is c1ccc(-c2nc(-c3ccccc3)nc(-c3cccc(-c4ccc5c6c(ccc5c4)-c4c(c5ccccc5c5ccccc45)C64c5ccccc5-c5ccccc54)c3)n2)cc1. The van der Waals surface area contributed by atoms with Gasteiger partial charge in [0.15, 0.2) is 17.5 Å². The first-order valence-electron chi connectivity index (χ1n) is 20.9. The van der Waals surface area contributed by atoms with Crippen LogP contribution in [0.2, 0.25) is 0 Å². The number of hydrogen-bond donors (Lipinski definition) is 0. The van der Waals surface area contributed by atoms with Crippen molar-refractivity contribution < 1.29 is 0 Å². The predicted molar refractivity (Wildman–Crippen MR) is 250 cm³/mol. The van der Waals surface area contributed by atoms with Crippen LogP contribution in [-0.2, 0) is 5.41 Å². The molecule has 1 heterocycles. The van der Waals surface area contributed by atoms with Crippen LogP contribution in [0.4, 0.5) is 0 Å². The fourth-order valence-electron chi connectivity index (χ4n) is 10.6. The molecule has 61 heavy (non-hydrogen) atoms. The van der Waals surface area contributed by atoms with Crippen molar-refractivity contribution in [3.63, 3.8) is 0 Å². The summed E-state index contributed by atoms with van der Waals surface area (Å²) >= 11 is 0. The number of fused-ring (bicyclic) bond motifs is 17. The van der Waals surface area contributed by atoms with Gasteiger partial charge >= 0.3 is 0 Å². The van der Waals surface area contributed by atoms with Gasteiger partial charge in [0.1, 0.15) is 0 Å². The van der Waals surface area contributed by atoms with Crippen LogP contribution < -0.4 is 0 Å². The fourth-order valence-corrected chi connectivity index (χ4v) is 10.6. The lowest BCUT2D eigenvalue weighted by molar-refractivity contribution is 0.809. The van der Waals surface area contributed by atoms with Crippen LogP contribution in [-0.4, -0.2) is 15.0 Å². The summed E-state index contributed by atoms with van der Waals surface area (Å²) in [5, 5.41) is 7.67. The summed E-state index contributed by atoms with van der Waals surface area (Å²) in [6.07, 6.45) is 0. The minimum Gasteiger partial charge on any atom is -0.208 e. The quantitative estimate of drug-likeness (QED) is 0.167. The Labute approximate surface area is 353 Å². The van der Waals surface area contributed by atoms with E-state index in [9.17, 15) is 0 Å². The molecular formula is C58H35N3. The number of benzene rings is 10. The smallest absolute Gasteiger partial charge is 0.164 e. The van der Waals surface area contributed by atoms with Gasteiger partial charge in [-0.25, -0.2) is 15.0 Å². The van der Waals surface area contributed by atoms with E-state index in [1.165, 1.54) is 76.8 Å². The zero-order valence-corrected chi connectivity index (χ0v) is 33.0. The van der Waals surface area contributed by atoms with Crippen molar-refractivity contribution in [2.45, 2.75) is 5.41 Å². The van der Waals surface area contributed by atoms with Crippen LogP contribution in [0.5, 0.6) is 0 Å². The van der Waals surface area contributed by atoms with E-state index in [2.05, 4.69) is 152 Å². The van der Waals surface area contributed by atoms with Crippen molar-refractivity contribution in [3.8, 4) is 67.5 Å². The van der Waals surface area contributed by atoms with Crippen molar-refractivity contribution in [2.24, 2.45) is 0 Å². The lowest BCUT2D eigenvalue weighted by Gasteiger charge is -2.32. The standard InChI is InChI=1S/C58H35N3/c1-3-16-36(17-4-1)55-59-56(37-18-5-2-6-19-37)61-57(60-55)41-21-15-20-38(35-41)39-30-32-42-40(34-39)31-33-49-52-47-26-9-7-22-43(47)44-23-8-10-27-48(44)54(52)58(53(42)49)50-28-13-11-24-45(50)46-25-12-14-29-51(46)58/h1-35H. The maximum absolute atomic E-state index is 5.04. The molecule has 2 aliphatic rings. The summed E-state index contributed by atoms with van der Waals surface area (Å²) < 4.78 is 0. The van der Waals surface area contributed by atoms with Gasteiger partial charge in [0, 0.05) is 16.7 Å². The van der Waals surface area contributed by atoms with Crippen molar-refractivity contribution in [2.75, 3.05) is 0 Å². The van der Waals surface area contributed by atoms with Crippen molar-refractivity contribution in [1.82, 2.24) is 15.0 Å². The van der Waals surface area contributed by atoms with E-state index in [4.69, 9.17) is 15.0 Å². The molecule has 282 valence electrons. The molecule has 0 atom stereocenters. The molecule has 2 aliphatic carbocycles. The average molecular weight is 774 g/mol. The van der Waals surface area contributed by atoms with Crippen LogP contribution in [0.3, 0.4) is 0 Å². The highest BCUT2D eigenvalue weighted by atomic mass is 15.0. The Morgan fingerprint density at radius 2 is 0.770 bits per heavy atom. The minimum absolute atomic E-state index is 0.506. The lowest BCUT2D eigenvalue weighted by atomic mass is 9.68. The number of hydrogen-bond acceptors (Lipinski definition) is 3. The molecule has 1 aromatic heterocycles. The third-order valence-corrected chi connectivity index (χ3v) is 13.1. The second-order valence-electron chi connectivity index (χ2n) is 16.2. The van der Waals surface area contributed by atoms with Gasteiger partial charge in [-0.2, -0.15) is 0 Å². The average Bonchev–Trinajstić information content (AvgIpc) is 3.82. The Kier molecular flexibility index (Phi) is 7.22. The first-order chi connectivity index (χ1) is 30.3. The molecule has 0 bridgehead atoms. The molecule has 13 rings (SSSR count). The van der Waals surface area contributed by atoms with Crippen LogP contribution >= 0.6 is 0 Å². The molecule has 0 N–H and O–H groups in total. The molecule has 0 amide bonds. The van der Waals surface area contributed by atoms with E-state index in [1.54, 1.807) is 0 Å². The summed E-state index contributed by atoms with van der Waals surface area (Å²) in [5.41, 5.74) is 15.3. The van der Waals surface area contributed by atoms with Gasteiger partial charge in [-0.3, -0.25) is 0 Å². The van der Waals surface area contributed by atoms with Gasteiger partial charge in [0.25, 0.3) is 0 Å². The summed E-state index contributed by atoms with van der Waals surface area (Å²) in [5.74, 6) is 1.95. The highest BCUT2D eigenvalue weighted by Crippen LogP contribution is 2.66. The van der Waals surface area contributed by atoms with Crippen LogP contribution in [0.25, 0.3) is 99.9 Å². The fraction of sp³-hybridized carbons (Fsp3) is 0.0172. The largest absolute Gasteiger partial charge is 0.208 e. The van der Waals surface area contributed by atoms with Gasteiger partial charge < -0.3 is 0 Å². The minimum atomic E-state index is -0.506. The van der Waals surface area contributed by atoms with Crippen molar-refractivity contribution >= 4 is 32.3 Å². The van der Waals surface area contributed by atoms with Crippen molar-refractivity contribution in [1.29, 1.82) is 0 Å². The first kappa shape index (κ1) is 33.9. The molecule has 3 nitrogen and oxygen atoms in total. The van der Waals surface area contributed by atoms with Gasteiger partial charge in [0.2, 0.25) is 0 Å². The van der Waals surface area contributed by atoms with E-state index in [0.29, 0.717) is 17.5 Å². The number of rotatable bonds is 4. The van der Waals surface area contributed by atoms with E-state index in [1.807, 2.05) is 60.7 Å². The number of aromatic nitrogens is 3. The van der Waals surface area contributed by atoms with E-state index in [-0.39, 0.29) is 0 Å². The normalized spacial score (nSPS) is 13.0. The Morgan fingerprint density at radius 1 is 0.279 bits per heavy atom. The Hall–Kier alpha value is -8.01. The second-order valence-corrected chi connectivity index (χ2v) is 16.2. The summed E-state index contributed by atoms with van der Waals surface area (Å²) in [6, 6.07) is 77.0. The van der Waals surface area contributed by atoms with Gasteiger partial charge in [-0.15, -0.1) is 0 Å². The maximum Gasteiger partial charge on any atom is 0.164 e. The molecule has 0 fully saturated rings. The topological polar surface area (TPSA) is 38.7 Å². The highest BCUT2D eigenvalue weighted by Gasteiger charge is 2.53. The number of nitrogens with zero attached hydrogens (tertiary/aromatic N) is 3. The molecule has 0 radical (unpaired) electrons. The van der Waals surface area contributed by atoms with Crippen LogP contribution in [0, 0.1) is 0 Å². The second kappa shape index (κ2) is 13.0. The zero-order chi connectivity index (χ0) is 40.1. The molecule has 1 spiro atoms. The Bertz CT molecular complexity index is 3490. The molecule has 3 heteroatoms. The third-order valence-electron chi connectivity index (χ3n) is 13.1. The van der Waals surface area contributed by atoms with E-state index < -0.39 is 5.41 Å². The lowest BCUT2D eigenvalue weighted by Crippen LogP contribution is -2.26. The van der Waals surface area contributed by atoms with Gasteiger partial charge in [-0.1, -0.05) is 200 Å². The van der Waals surface area contributed by atoms with Crippen LogP contribution in [0.1, 0.15) is 22.3 Å². The third kappa shape index (κ3) is 4.83. The van der Waals surface area contributed by atoms with E-state index in [0.717, 1.165) is 27.8 Å². The summed E-state index contributed by atoms with van der Waals surface area (Å²) in [6.45, 7) is 0.